The number of aliphatic hydroxyl groups is 1. The summed E-state index contributed by atoms with van der Waals surface area (Å²) in [4.78, 5) is 0. The van der Waals surface area contributed by atoms with Crippen LogP contribution in [-0.4, -0.2) is 30.7 Å². The van der Waals surface area contributed by atoms with E-state index < -0.39 is 11.9 Å². The van der Waals surface area contributed by atoms with Gasteiger partial charge in [0.2, 0.25) is 0 Å². The van der Waals surface area contributed by atoms with E-state index in [0.29, 0.717) is 19.8 Å². The normalized spacial score (nSPS) is 21.1. The van der Waals surface area contributed by atoms with Crippen molar-refractivity contribution in [1.29, 1.82) is 0 Å². The summed E-state index contributed by atoms with van der Waals surface area (Å²) in [5.74, 6) is 0.578. The van der Waals surface area contributed by atoms with E-state index in [1.165, 1.54) is 0 Å². The van der Waals surface area contributed by atoms with Crippen molar-refractivity contribution in [2.24, 2.45) is 5.92 Å². The Hall–Kier alpha value is -1.10. The summed E-state index contributed by atoms with van der Waals surface area (Å²) in [5, 5.41) is 9.42. The number of ether oxygens (including phenoxy) is 3. The van der Waals surface area contributed by atoms with Crippen molar-refractivity contribution < 1.29 is 19.3 Å². The maximum atomic E-state index is 9.42. The summed E-state index contributed by atoms with van der Waals surface area (Å²) in [6.45, 7) is 7.45. The fourth-order valence-corrected chi connectivity index (χ4v) is 1.88. The molecule has 1 heterocycles. The van der Waals surface area contributed by atoms with Crippen LogP contribution in [0.4, 0.5) is 0 Å². The summed E-state index contributed by atoms with van der Waals surface area (Å²) in [5.41, 5.74) is 0.887. The molecule has 1 unspecified atom stereocenters. The van der Waals surface area contributed by atoms with E-state index in [0.717, 1.165) is 11.3 Å². The molecule has 0 aliphatic carbocycles. The predicted octanol–water partition coefficient (Wildman–Crippen LogP) is 2.52. The first kappa shape index (κ1) is 14.3. The van der Waals surface area contributed by atoms with Crippen LogP contribution < -0.4 is 4.74 Å². The predicted molar refractivity (Wildman–Crippen MR) is 72.0 cm³/mol. The van der Waals surface area contributed by atoms with Crippen molar-refractivity contribution in [3.8, 4) is 5.75 Å². The molecule has 106 valence electrons. The van der Waals surface area contributed by atoms with Crippen molar-refractivity contribution in [3.05, 3.63) is 29.8 Å². The molecule has 0 bridgehead atoms. The van der Waals surface area contributed by atoms with Gasteiger partial charge in [-0.15, -0.1) is 0 Å². The van der Waals surface area contributed by atoms with Gasteiger partial charge in [-0.1, -0.05) is 12.1 Å². The molecule has 2 rings (SSSR count). The van der Waals surface area contributed by atoms with E-state index in [1.807, 2.05) is 38.1 Å². The number of aliphatic hydroxyl groups excluding tert-OH is 1. The zero-order chi connectivity index (χ0) is 13.9. The van der Waals surface area contributed by atoms with Gasteiger partial charge in [-0.25, -0.2) is 0 Å². The Bertz CT molecular complexity index is 387. The molecular weight excluding hydrogens is 244 g/mol. The minimum Gasteiger partial charge on any atom is -0.493 e. The molecule has 1 saturated heterocycles. The second-order valence-corrected chi connectivity index (χ2v) is 5.44. The van der Waals surface area contributed by atoms with Crippen LogP contribution in [0.5, 0.6) is 5.75 Å². The van der Waals surface area contributed by atoms with Crippen molar-refractivity contribution in [1.82, 2.24) is 0 Å². The third-order valence-electron chi connectivity index (χ3n) is 3.18. The van der Waals surface area contributed by atoms with Gasteiger partial charge in [0.05, 0.1) is 25.9 Å². The fraction of sp³-hybridized carbons (Fsp3) is 0.600. The van der Waals surface area contributed by atoms with Gasteiger partial charge in [0.1, 0.15) is 5.75 Å². The van der Waals surface area contributed by atoms with E-state index in [-0.39, 0.29) is 5.92 Å². The number of rotatable bonds is 4. The van der Waals surface area contributed by atoms with Gasteiger partial charge in [-0.05, 0) is 38.5 Å². The van der Waals surface area contributed by atoms with Crippen LogP contribution in [0.3, 0.4) is 0 Å². The van der Waals surface area contributed by atoms with Crippen LogP contribution in [0.25, 0.3) is 0 Å². The number of benzene rings is 1. The molecule has 1 aliphatic rings. The molecule has 1 fully saturated rings. The summed E-state index contributed by atoms with van der Waals surface area (Å²) in [6.07, 6.45) is -0.448. The van der Waals surface area contributed by atoms with Gasteiger partial charge in [0, 0.05) is 5.92 Å². The molecule has 1 aromatic rings. The van der Waals surface area contributed by atoms with Crippen LogP contribution in [0.15, 0.2) is 24.3 Å². The van der Waals surface area contributed by atoms with Crippen molar-refractivity contribution >= 4 is 0 Å². The van der Waals surface area contributed by atoms with Crippen LogP contribution in [-0.2, 0) is 9.47 Å². The lowest BCUT2D eigenvalue weighted by molar-refractivity contribution is -0.264. The molecule has 19 heavy (non-hydrogen) atoms. The first-order valence-electron chi connectivity index (χ1n) is 6.65. The quantitative estimate of drug-likeness (QED) is 0.909. The van der Waals surface area contributed by atoms with Crippen molar-refractivity contribution in [3.63, 3.8) is 0 Å². The minimum atomic E-state index is -0.477. The molecule has 0 spiro atoms. The summed E-state index contributed by atoms with van der Waals surface area (Å²) in [6, 6.07) is 7.49. The van der Waals surface area contributed by atoms with E-state index >= 15 is 0 Å². The highest BCUT2D eigenvalue weighted by Gasteiger charge is 2.28. The molecule has 0 radical (unpaired) electrons. The second-order valence-electron chi connectivity index (χ2n) is 5.44. The topological polar surface area (TPSA) is 47.9 Å². The van der Waals surface area contributed by atoms with Crippen LogP contribution in [0, 0.1) is 5.92 Å². The zero-order valence-corrected chi connectivity index (χ0v) is 11.8. The fourth-order valence-electron chi connectivity index (χ4n) is 1.88. The largest absolute Gasteiger partial charge is 0.493 e. The average Bonchev–Trinajstić information content (AvgIpc) is 2.38. The van der Waals surface area contributed by atoms with Gasteiger partial charge >= 0.3 is 0 Å². The lowest BCUT2D eigenvalue weighted by Crippen LogP contribution is -2.41. The van der Waals surface area contributed by atoms with Crippen LogP contribution >= 0.6 is 0 Å². The van der Waals surface area contributed by atoms with Gasteiger partial charge in [0.25, 0.3) is 0 Å². The van der Waals surface area contributed by atoms with Gasteiger partial charge in [-0.2, -0.15) is 0 Å². The Balaban J connectivity index is 1.79. The Morgan fingerprint density at radius 1 is 1.26 bits per heavy atom. The maximum Gasteiger partial charge on any atom is 0.162 e. The molecule has 4 heteroatoms. The number of hydrogen-bond acceptors (Lipinski definition) is 4. The van der Waals surface area contributed by atoms with Gasteiger partial charge in [0.15, 0.2) is 5.79 Å². The average molecular weight is 266 g/mol. The summed E-state index contributed by atoms with van der Waals surface area (Å²) in [7, 11) is 0. The Kier molecular flexibility index (Phi) is 4.45. The van der Waals surface area contributed by atoms with E-state index in [2.05, 4.69) is 0 Å². The molecule has 1 atom stereocenters. The third-order valence-corrected chi connectivity index (χ3v) is 3.18. The van der Waals surface area contributed by atoms with Crippen LogP contribution in [0.1, 0.15) is 32.4 Å². The molecule has 0 saturated carbocycles. The highest BCUT2D eigenvalue weighted by molar-refractivity contribution is 5.28. The molecule has 1 N–H and O–H groups in total. The molecule has 0 amide bonds. The second kappa shape index (κ2) is 5.90. The SMILES string of the molecule is CC(O)c1ccc(OCC2COC(C)(C)OC2)cc1. The molecule has 1 aromatic carbocycles. The van der Waals surface area contributed by atoms with Crippen LogP contribution in [0.2, 0.25) is 0 Å². The van der Waals surface area contributed by atoms with Crippen molar-refractivity contribution in [2.75, 3.05) is 19.8 Å². The Labute approximate surface area is 114 Å². The van der Waals surface area contributed by atoms with Gasteiger partial charge < -0.3 is 19.3 Å². The lowest BCUT2D eigenvalue weighted by atomic mass is 10.1. The first-order chi connectivity index (χ1) is 8.96. The lowest BCUT2D eigenvalue weighted by Gasteiger charge is -2.34. The molecular formula is C15H22O4. The summed E-state index contributed by atoms with van der Waals surface area (Å²) < 4.78 is 16.9. The minimum absolute atomic E-state index is 0.254. The highest BCUT2D eigenvalue weighted by atomic mass is 16.7. The molecule has 4 nitrogen and oxygen atoms in total. The maximum absolute atomic E-state index is 9.42. The third kappa shape index (κ3) is 4.20. The monoisotopic (exact) mass is 266 g/mol. The van der Waals surface area contributed by atoms with Gasteiger partial charge in [-0.3, -0.25) is 0 Å². The smallest absolute Gasteiger partial charge is 0.162 e. The number of hydrogen-bond donors (Lipinski definition) is 1. The van der Waals surface area contributed by atoms with E-state index in [4.69, 9.17) is 14.2 Å². The van der Waals surface area contributed by atoms with E-state index in [1.54, 1.807) is 6.92 Å². The zero-order valence-electron chi connectivity index (χ0n) is 11.8. The molecule has 1 aliphatic heterocycles. The first-order valence-corrected chi connectivity index (χ1v) is 6.65. The Morgan fingerprint density at radius 3 is 2.37 bits per heavy atom. The standard InChI is InChI=1S/C15H22O4/c1-11(16)13-4-6-14(7-5-13)17-8-12-9-18-15(2,3)19-10-12/h4-7,11-12,16H,8-10H2,1-3H3. The van der Waals surface area contributed by atoms with E-state index in [9.17, 15) is 5.11 Å². The molecule has 0 aromatic heterocycles. The summed E-state index contributed by atoms with van der Waals surface area (Å²) >= 11 is 0. The highest BCUT2D eigenvalue weighted by Crippen LogP contribution is 2.22. The Morgan fingerprint density at radius 2 is 1.84 bits per heavy atom. The van der Waals surface area contributed by atoms with Crippen molar-refractivity contribution in [2.45, 2.75) is 32.7 Å².